The van der Waals surface area contributed by atoms with Gasteiger partial charge in [-0.05, 0) is 37.7 Å². The quantitative estimate of drug-likeness (QED) is 0.902. The highest BCUT2D eigenvalue weighted by Gasteiger charge is 2.12. The Kier molecular flexibility index (Phi) is 3.54. The van der Waals surface area contributed by atoms with Crippen molar-refractivity contribution >= 4 is 21.6 Å². The third-order valence-corrected chi connectivity index (χ3v) is 4.19. The maximum Gasteiger partial charge on any atom is 0.124 e. The van der Waals surface area contributed by atoms with Crippen molar-refractivity contribution < 1.29 is 4.39 Å². The summed E-state index contributed by atoms with van der Waals surface area (Å²) in [6.07, 6.45) is 1.18. The molecule has 18 heavy (non-hydrogen) atoms. The smallest absolute Gasteiger partial charge is 0.124 e. The molecule has 0 spiro atoms. The summed E-state index contributed by atoms with van der Waals surface area (Å²) in [6, 6.07) is 4.80. The fourth-order valence-corrected chi connectivity index (χ4v) is 3.30. The minimum atomic E-state index is -0.184. The van der Waals surface area contributed by atoms with Crippen LogP contribution in [-0.2, 0) is 6.54 Å². The number of halogens is 1. The summed E-state index contributed by atoms with van der Waals surface area (Å²) in [5.74, 6) is -0.184. The Bertz CT molecular complexity index is 532. The van der Waals surface area contributed by atoms with Gasteiger partial charge < -0.3 is 5.32 Å². The van der Waals surface area contributed by atoms with Gasteiger partial charge in [0.1, 0.15) is 10.8 Å². The van der Waals surface area contributed by atoms with Crippen LogP contribution in [0, 0.1) is 5.82 Å². The molecule has 0 aliphatic carbocycles. The summed E-state index contributed by atoms with van der Waals surface area (Å²) in [5.41, 5.74) is 0.907. The lowest BCUT2D eigenvalue weighted by Crippen LogP contribution is -2.27. The van der Waals surface area contributed by atoms with E-state index in [9.17, 15) is 4.39 Å². The maximum absolute atomic E-state index is 13.1. The molecule has 0 amide bonds. The highest BCUT2D eigenvalue weighted by molar-refractivity contribution is 7.18. The zero-order valence-corrected chi connectivity index (χ0v) is 11.0. The van der Waals surface area contributed by atoms with E-state index < -0.39 is 0 Å². The van der Waals surface area contributed by atoms with Gasteiger partial charge in [-0.2, -0.15) is 0 Å². The van der Waals surface area contributed by atoms with Gasteiger partial charge >= 0.3 is 0 Å². The molecule has 0 bridgehead atoms. The molecule has 2 aromatic rings. The Morgan fingerprint density at radius 3 is 3.22 bits per heavy atom. The maximum atomic E-state index is 13.1. The summed E-state index contributed by atoms with van der Waals surface area (Å²) in [5, 5.41) is 4.47. The average Bonchev–Trinajstić information content (AvgIpc) is 2.57. The molecular weight excluding hydrogens is 249 g/mol. The first-order valence-corrected chi connectivity index (χ1v) is 7.11. The van der Waals surface area contributed by atoms with E-state index in [-0.39, 0.29) is 5.82 Å². The molecule has 3 rings (SSSR count). The van der Waals surface area contributed by atoms with Crippen molar-refractivity contribution in [1.82, 2.24) is 15.2 Å². The van der Waals surface area contributed by atoms with E-state index in [1.165, 1.54) is 12.5 Å². The lowest BCUT2D eigenvalue weighted by Gasteiger charge is -2.17. The topological polar surface area (TPSA) is 28.2 Å². The van der Waals surface area contributed by atoms with Crippen LogP contribution in [0.15, 0.2) is 18.2 Å². The molecule has 3 nitrogen and oxygen atoms in total. The van der Waals surface area contributed by atoms with Crippen molar-refractivity contribution in [2.24, 2.45) is 0 Å². The van der Waals surface area contributed by atoms with Crippen molar-refractivity contribution in [2.45, 2.75) is 13.0 Å². The molecule has 0 radical (unpaired) electrons. The third kappa shape index (κ3) is 2.68. The van der Waals surface area contributed by atoms with Crippen LogP contribution in [0.2, 0.25) is 0 Å². The van der Waals surface area contributed by atoms with Crippen molar-refractivity contribution in [3.05, 3.63) is 29.0 Å². The minimum absolute atomic E-state index is 0.184. The van der Waals surface area contributed by atoms with Gasteiger partial charge in [-0.15, -0.1) is 11.3 Å². The van der Waals surface area contributed by atoms with Gasteiger partial charge in [-0.25, -0.2) is 9.37 Å². The second-order valence-electron chi connectivity index (χ2n) is 4.60. The Balaban J connectivity index is 1.77. The van der Waals surface area contributed by atoms with E-state index in [1.807, 2.05) is 0 Å². The van der Waals surface area contributed by atoms with Gasteiger partial charge in [-0.1, -0.05) is 0 Å². The summed E-state index contributed by atoms with van der Waals surface area (Å²) in [4.78, 5) is 6.98. The number of hydrogen-bond acceptors (Lipinski definition) is 4. The van der Waals surface area contributed by atoms with E-state index in [4.69, 9.17) is 0 Å². The van der Waals surface area contributed by atoms with Crippen molar-refractivity contribution in [3.63, 3.8) is 0 Å². The lowest BCUT2D eigenvalue weighted by molar-refractivity contribution is 0.284. The number of nitrogens with zero attached hydrogens (tertiary/aromatic N) is 2. The summed E-state index contributed by atoms with van der Waals surface area (Å²) in [7, 11) is 0. The molecule has 1 fully saturated rings. The Labute approximate surface area is 110 Å². The van der Waals surface area contributed by atoms with Gasteiger partial charge in [0.05, 0.1) is 16.8 Å². The molecule has 0 saturated carbocycles. The van der Waals surface area contributed by atoms with Crippen LogP contribution in [-0.4, -0.2) is 36.1 Å². The van der Waals surface area contributed by atoms with E-state index >= 15 is 0 Å². The first kappa shape index (κ1) is 12.0. The molecule has 1 aromatic carbocycles. The van der Waals surface area contributed by atoms with Crippen LogP contribution in [0.25, 0.3) is 10.2 Å². The van der Waals surface area contributed by atoms with E-state index in [2.05, 4.69) is 15.2 Å². The number of benzene rings is 1. The molecule has 0 atom stereocenters. The Morgan fingerprint density at radius 1 is 1.33 bits per heavy atom. The normalized spacial score (nSPS) is 18.1. The summed E-state index contributed by atoms with van der Waals surface area (Å²) < 4.78 is 14.1. The minimum Gasteiger partial charge on any atom is -0.315 e. The van der Waals surface area contributed by atoms with Gasteiger partial charge in [0, 0.05) is 13.1 Å². The Hall–Kier alpha value is -1.04. The number of hydrogen-bond donors (Lipinski definition) is 1. The largest absolute Gasteiger partial charge is 0.315 e. The van der Waals surface area contributed by atoms with E-state index in [0.29, 0.717) is 0 Å². The predicted octanol–water partition coefficient (Wildman–Crippen LogP) is 2.23. The molecule has 1 aliphatic rings. The van der Waals surface area contributed by atoms with Crippen molar-refractivity contribution in [3.8, 4) is 0 Å². The molecule has 2 heterocycles. The van der Waals surface area contributed by atoms with Crippen LogP contribution in [0.3, 0.4) is 0 Å². The fourth-order valence-electron chi connectivity index (χ4n) is 2.26. The Morgan fingerprint density at radius 2 is 2.28 bits per heavy atom. The van der Waals surface area contributed by atoms with E-state index in [0.717, 1.165) is 47.9 Å². The van der Waals surface area contributed by atoms with Crippen LogP contribution in [0.4, 0.5) is 4.39 Å². The molecule has 1 aliphatic heterocycles. The first-order valence-electron chi connectivity index (χ1n) is 6.29. The standard InChI is InChI=1S/C13H16FN3S/c14-10-2-3-11-12(8-10)18-13(16-11)9-17-6-1-4-15-5-7-17/h2-3,8,15H,1,4-7,9H2. The second kappa shape index (κ2) is 5.30. The molecule has 96 valence electrons. The van der Waals surface area contributed by atoms with Gasteiger partial charge in [0.2, 0.25) is 0 Å². The third-order valence-electron chi connectivity index (χ3n) is 3.19. The van der Waals surface area contributed by atoms with E-state index in [1.54, 1.807) is 23.5 Å². The molecule has 0 unspecified atom stereocenters. The number of fused-ring (bicyclic) bond motifs is 1. The number of nitrogens with one attached hydrogen (secondary N) is 1. The number of thiazole rings is 1. The fraction of sp³-hybridized carbons (Fsp3) is 0.462. The van der Waals surface area contributed by atoms with Crippen LogP contribution >= 0.6 is 11.3 Å². The lowest BCUT2D eigenvalue weighted by atomic mass is 10.3. The molecule has 1 aromatic heterocycles. The monoisotopic (exact) mass is 265 g/mol. The highest BCUT2D eigenvalue weighted by atomic mass is 32.1. The van der Waals surface area contributed by atoms with Gasteiger partial charge in [-0.3, -0.25) is 4.90 Å². The van der Waals surface area contributed by atoms with Gasteiger partial charge in [0.15, 0.2) is 0 Å². The van der Waals surface area contributed by atoms with Crippen molar-refractivity contribution in [1.29, 1.82) is 0 Å². The SMILES string of the molecule is Fc1ccc2nc(CN3CCCNCC3)sc2c1. The predicted molar refractivity (Wildman–Crippen MR) is 72.3 cm³/mol. The van der Waals surface area contributed by atoms with Gasteiger partial charge in [0.25, 0.3) is 0 Å². The summed E-state index contributed by atoms with van der Waals surface area (Å²) in [6.45, 7) is 5.19. The highest BCUT2D eigenvalue weighted by Crippen LogP contribution is 2.23. The van der Waals surface area contributed by atoms with Crippen molar-refractivity contribution in [2.75, 3.05) is 26.2 Å². The first-order chi connectivity index (χ1) is 8.81. The molecular formula is C13H16FN3S. The second-order valence-corrected chi connectivity index (χ2v) is 5.71. The average molecular weight is 265 g/mol. The number of rotatable bonds is 2. The zero-order chi connectivity index (χ0) is 12.4. The van der Waals surface area contributed by atoms with Crippen LogP contribution < -0.4 is 5.32 Å². The molecule has 5 heteroatoms. The summed E-state index contributed by atoms with van der Waals surface area (Å²) >= 11 is 1.60. The molecule has 1 saturated heterocycles. The van der Waals surface area contributed by atoms with Crippen LogP contribution in [0.5, 0.6) is 0 Å². The van der Waals surface area contributed by atoms with Crippen LogP contribution in [0.1, 0.15) is 11.4 Å². The zero-order valence-electron chi connectivity index (χ0n) is 10.2. The number of aromatic nitrogens is 1. The molecule has 1 N–H and O–H groups in total.